The third-order valence-corrected chi connectivity index (χ3v) is 2.45. The SMILES string of the molecule is N[C@H](C(=O)O)C(O)C1CC=CCC1. The molecule has 1 rings (SSSR count). The summed E-state index contributed by atoms with van der Waals surface area (Å²) in [7, 11) is 0. The van der Waals surface area contributed by atoms with Crippen LogP contribution in [0.5, 0.6) is 0 Å². The second-order valence-electron chi connectivity index (χ2n) is 3.40. The van der Waals surface area contributed by atoms with Crippen LogP contribution in [0.4, 0.5) is 0 Å². The highest BCUT2D eigenvalue weighted by Gasteiger charge is 2.29. The van der Waals surface area contributed by atoms with E-state index in [1.807, 2.05) is 12.2 Å². The molecule has 0 aromatic heterocycles. The van der Waals surface area contributed by atoms with Crippen LogP contribution in [0.25, 0.3) is 0 Å². The van der Waals surface area contributed by atoms with E-state index < -0.39 is 18.1 Å². The van der Waals surface area contributed by atoms with Crippen molar-refractivity contribution in [3.63, 3.8) is 0 Å². The molecular formula is C9H15NO3. The molecule has 0 aromatic rings. The van der Waals surface area contributed by atoms with Crippen molar-refractivity contribution < 1.29 is 15.0 Å². The molecule has 3 atom stereocenters. The Morgan fingerprint density at radius 3 is 2.69 bits per heavy atom. The molecule has 0 spiro atoms. The highest BCUT2D eigenvalue weighted by Crippen LogP contribution is 2.22. The molecule has 1 aliphatic rings. The van der Waals surface area contributed by atoms with Crippen molar-refractivity contribution >= 4 is 5.97 Å². The van der Waals surface area contributed by atoms with Crippen LogP contribution >= 0.6 is 0 Å². The Balaban J connectivity index is 2.50. The van der Waals surface area contributed by atoms with Crippen molar-refractivity contribution in [2.75, 3.05) is 0 Å². The normalized spacial score (nSPS) is 26.8. The summed E-state index contributed by atoms with van der Waals surface area (Å²) in [4.78, 5) is 10.5. The van der Waals surface area contributed by atoms with E-state index in [2.05, 4.69) is 0 Å². The lowest BCUT2D eigenvalue weighted by atomic mass is 9.86. The van der Waals surface area contributed by atoms with Crippen LogP contribution in [0.2, 0.25) is 0 Å². The molecule has 74 valence electrons. The number of carboxylic acids is 1. The monoisotopic (exact) mass is 185 g/mol. The lowest BCUT2D eigenvalue weighted by molar-refractivity contribution is -0.142. The van der Waals surface area contributed by atoms with E-state index in [0.29, 0.717) is 0 Å². The van der Waals surface area contributed by atoms with Crippen molar-refractivity contribution in [2.45, 2.75) is 31.4 Å². The average molecular weight is 185 g/mol. The van der Waals surface area contributed by atoms with E-state index in [0.717, 1.165) is 19.3 Å². The van der Waals surface area contributed by atoms with Crippen LogP contribution in [0, 0.1) is 5.92 Å². The van der Waals surface area contributed by atoms with Gasteiger partial charge in [0.2, 0.25) is 0 Å². The summed E-state index contributed by atoms with van der Waals surface area (Å²) >= 11 is 0. The third-order valence-electron chi connectivity index (χ3n) is 2.45. The number of aliphatic carboxylic acids is 1. The van der Waals surface area contributed by atoms with Gasteiger partial charge in [-0.25, -0.2) is 0 Å². The van der Waals surface area contributed by atoms with Crippen LogP contribution in [-0.4, -0.2) is 28.3 Å². The molecule has 0 heterocycles. The fraction of sp³-hybridized carbons (Fsp3) is 0.667. The molecular weight excluding hydrogens is 170 g/mol. The molecule has 4 nitrogen and oxygen atoms in total. The Bertz CT molecular complexity index is 215. The van der Waals surface area contributed by atoms with Crippen LogP contribution < -0.4 is 5.73 Å². The van der Waals surface area contributed by atoms with E-state index in [-0.39, 0.29) is 5.92 Å². The van der Waals surface area contributed by atoms with Gasteiger partial charge in [-0.05, 0) is 25.2 Å². The minimum atomic E-state index is -1.16. The van der Waals surface area contributed by atoms with Gasteiger partial charge in [-0.1, -0.05) is 12.2 Å². The predicted molar refractivity (Wildman–Crippen MR) is 48.1 cm³/mol. The standard InChI is InChI=1S/C9H15NO3/c10-7(9(12)13)8(11)6-4-2-1-3-5-6/h1-2,6-8,11H,3-5,10H2,(H,12,13)/t6?,7-,8?/m0/s1. The largest absolute Gasteiger partial charge is 0.480 e. The summed E-state index contributed by atoms with van der Waals surface area (Å²) < 4.78 is 0. The van der Waals surface area contributed by atoms with Crippen LogP contribution in [0.1, 0.15) is 19.3 Å². The van der Waals surface area contributed by atoms with Gasteiger partial charge in [0.25, 0.3) is 0 Å². The van der Waals surface area contributed by atoms with Gasteiger partial charge >= 0.3 is 5.97 Å². The summed E-state index contributed by atoms with van der Waals surface area (Å²) in [5, 5.41) is 18.2. The number of nitrogens with two attached hydrogens (primary N) is 1. The number of carboxylic acid groups (broad SMARTS) is 1. The first kappa shape index (κ1) is 10.2. The van der Waals surface area contributed by atoms with E-state index in [4.69, 9.17) is 10.8 Å². The summed E-state index contributed by atoms with van der Waals surface area (Å²) in [6, 6.07) is -1.16. The van der Waals surface area contributed by atoms with Crippen LogP contribution in [0.3, 0.4) is 0 Å². The smallest absolute Gasteiger partial charge is 0.323 e. The second kappa shape index (κ2) is 4.39. The maximum atomic E-state index is 10.5. The molecule has 4 heteroatoms. The van der Waals surface area contributed by atoms with Gasteiger partial charge in [0.05, 0.1) is 6.10 Å². The first-order valence-corrected chi connectivity index (χ1v) is 4.44. The van der Waals surface area contributed by atoms with E-state index in [1.54, 1.807) is 0 Å². The second-order valence-corrected chi connectivity index (χ2v) is 3.40. The molecule has 0 aromatic carbocycles. The number of allylic oxidation sites excluding steroid dienone is 2. The highest BCUT2D eigenvalue weighted by molar-refractivity contribution is 5.73. The van der Waals surface area contributed by atoms with E-state index in [9.17, 15) is 9.90 Å². The molecule has 1 aliphatic carbocycles. The number of hydrogen-bond acceptors (Lipinski definition) is 3. The minimum Gasteiger partial charge on any atom is -0.480 e. The zero-order chi connectivity index (χ0) is 9.84. The van der Waals surface area contributed by atoms with Crippen LogP contribution in [0.15, 0.2) is 12.2 Å². The Hall–Kier alpha value is -0.870. The van der Waals surface area contributed by atoms with Gasteiger partial charge in [0.15, 0.2) is 0 Å². The molecule has 0 fully saturated rings. The zero-order valence-corrected chi connectivity index (χ0v) is 7.39. The Morgan fingerprint density at radius 2 is 2.23 bits per heavy atom. The molecule has 0 saturated heterocycles. The maximum absolute atomic E-state index is 10.5. The lowest BCUT2D eigenvalue weighted by Gasteiger charge is -2.25. The van der Waals surface area contributed by atoms with Crippen molar-refractivity contribution in [3.8, 4) is 0 Å². The fourth-order valence-corrected chi connectivity index (χ4v) is 1.57. The molecule has 2 unspecified atom stereocenters. The molecule has 0 radical (unpaired) electrons. The lowest BCUT2D eigenvalue weighted by Crippen LogP contribution is -2.45. The van der Waals surface area contributed by atoms with Crippen molar-refractivity contribution in [1.29, 1.82) is 0 Å². The van der Waals surface area contributed by atoms with E-state index >= 15 is 0 Å². The highest BCUT2D eigenvalue weighted by atomic mass is 16.4. The third kappa shape index (κ3) is 2.54. The Morgan fingerprint density at radius 1 is 1.54 bits per heavy atom. The summed E-state index contributed by atoms with van der Waals surface area (Å²) in [5.74, 6) is -1.14. The Kier molecular flexibility index (Phi) is 3.45. The van der Waals surface area contributed by atoms with Gasteiger partial charge < -0.3 is 15.9 Å². The Labute approximate surface area is 77.1 Å². The van der Waals surface area contributed by atoms with Gasteiger partial charge in [0.1, 0.15) is 6.04 Å². The van der Waals surface area contributed by atoms with Crippen molar-refractivity contribution in [1.82, 2.24) is 0 Å². The molecule has 0 amide bonds. The topological polar surface area (TPSA) is 83.6 Å². The zero-order valence-electron chi connectivity index (χ0n) is 7.39. The quantitative estimate of drug-likeness (QED) is 0.545. The maximum Gasteiger partial charge on any atom is 0.323 e. The van der Waals surface area contributed by atoms with Crippen LogP contribution in [-0.2, 0) is 4.79 Å². The number of aliphatic hydroxyl groups excluding tert-OH is 1. The first-order chi connectivity index (χ1) is 6.13. The van der Waals surface area contributed by atoms with E-state index in [1.165, 1.54) is 0 Å². The summed E-state index contributed by atoms with van der Waals surface area (Å²) in [6.07, 6.45) is 5.51. The summed E-state index contributed by atoms with van der Waals surface area (Å²) in [6.45, 7) is 0. The summed E-state index contributed by atoms with van der Waals surface area (Å²) in [5.41, 5.74) is 5.32. The molecule has 0 bridgehead atoms. The molecule has 4 N–H and O–H groups in total. The van der Waals surface area contributed by atoms with Gasteiger partial charge in [-0.2, -0.15) is 0 Å². The van der Waals surface area contributed by atoms with Gasteiger partial charge in [-0.3, -0.25) is 4.79 Å². The average Bonchev–Trinajstić information content (AvgIpc) is 2.17. The predicted octanol–water partition coefficient (Wildman–Crippen LogP) is 0.115. The minimum absolute atomic E-state index is 0.00361. The van der Waals surface area contributed by atoms with Crippen molar-refractivity contribution in [3.05, 3.63) is 12.2 Å². The molecule has 0 saturated carbocycles. The number of rotatable bonds is 3. The number of hydrogen-bond donors (Lipinski definition) is 3. The number of aliphatic hydroxyl groups is 1. The van der Waals surface area contributed by atoms with Crippen molar-refractivity contribution in [2.24, 2.45) is 11.7 Å². The molecule has 0 aliphatic heterocycles. The number of carbonyl (C=O) groups is 1. The fourth-order valence-electron chi connectivity index (χ4n) is 1.57. The molecule has 13 heavy (non-hydrogen) atoms. The van der Waals surface area contributed by atoms with Gasteiger partial charge in [-0.15, -0.1) is 0 Å². The first-order valence-electron chi connectivity index (χ1n) is 4.44. The van der Waals surface area contributed by atoms with Gasteiger partial charge in [0, 0.05) is 0 Å².